The molecule has 0 atom stereocenters. The number of hydrogen-bond acceptors (Lipinski definition) is 2. The summed E-state index contributed by atoms with van der Waals surface area (Å²) in [6, 6.07) is 31.7. The molecule has 2 heteroatoms. The lowest BCUT2D eigenvalue weighted by molar-refractivity contribution is 0.528. The summed E-state index contributed by atoms with van der Waals surface area (Å²) >= 11 is 0. The van der Waals surface area contributed by atoms with Crippen LogP contribution in [-0.4, -0.2) is 0 Å². The number of benzene rings is 4. The first-order valence-electron chi connectivity index (χ1n) is 26.4. The van der Waals surface area contributed by atoms with Gasteiger partial charge in [0.15, 0.2) is 0 Å². The molecule has 4 N–H and O–H groups in total. The van der Waals surface area contributed by atoms with Gasteiger partial charge >= 0.3 is 0 Å². The first-order chi connectivity index (χ1) is 30.5. The van der Waals surface area contributed by atoms with Crippen LogP contribution in [-0.2, 0) is 38.5 Å². The van der Waals surface area contributed by atoms with Crippen molar-refractivity contribution in [2.75, 3.05) is 11.5 Å². The Morgan fingerprint density at radius 3 is 0.823 bits per heavy atom. The summed E-state index contributed by atoms with van der Waals surface area (Å²) in [5.41, 5.74) is 25.6. The fraction of sp³-hybridized carbons (Fsp3) is 0.600. The number of unbranched alkanes of at least 4 members (excludes halogenated alkanes) is 25. The minimum Gasteiger partial charge on any atom is -0.399 e. The minimum atomic E-state index is 0.850. The zero-order valence-electron chi connectivity index (χ0n) is 40.3. The molecule has 4 aromatic carbocycles. The molecular weight excluding hydrogens is 749 g/mol. The van der Waals surface area contributed by atoms with E-state index < -0.39 is 0 Å². The van der Waals surface area contributed by atoms with Crippen LogP contribution in [0.15, 0.2) is 84.9 Å². The summed E-state index contributed by atoms with van der Waals surface area (Å²) in [4.78, 5) is 0. The summed E-state index contributed by atoms with van der Waals surface area (Å²) < 4.78 is 0. The van der Waals surface area contributed by atoms with E-state index in [4.69, 9.17) is 11.5 Å². The van der Waals surface area contributed by atoms with E-state index in [9.17, 15) is 0 Å². The van der Waals surface area contributed by atoms with Gasteiger partial charge in [-0.2, -0.15) is 0 Å². The minimum absolute atomic E-state index is 0.850. The molecule has 0 unspecified atom stereocenters. The second-order valence-electron chi connectivity index (χ2n) is 19.2. The average molecular weight is 841 g/mol. The van der Waals surface area contributed by atoms with Gasteiger partial charge in [-0.05, 0) is 133 Å². The Labute approximate surface area is 382 Å². The van der Waals surface area contributed by atoms with E-state index in [1.165, 1.54) is 228 Å². The Kier molecular flexibility index (Phi) is 27.3. The molecule has 4 aromatic rings. The molecular formula is C60H92N2. The molecule has 0 bridgehead atoms. The maximum atomic E-state index is 5.96. The van der Waals surface area contributed by atoms with Gasteiger partial charge in [-0.15, -0.1) is 0 Å². The number of anilines is 2. The standard InChI is InChI=1S/C60H92N2/c1-3-5-7-9-25-29-33-55-47-51(35-41-57(55)49-53-37-43-59(61)44-38-53)31-27-23-21-19-17-15-13-11-12-14-16-18-20-22-24-28-32-52-36-42-58(50-54-39-45-60(62)46-40-54)56(48-52)34-30-26-10-8-6-4-2/h35-48H,3-34,49-50,61-62H2,1-2H3. The zero-order chi connectivity index (χ0) is 43.7. The van der Waals surface area contributed by atoms with Crippen LogP contribution in [0.25, 0.3) is 0 Å². The number of nitrogens with two attached hydrogens (primary N) is 2. The van der Waals surface area contributed by atoms with Crippen LogP contribution in [0.5, 0.6) is 0 Å². The van der Waals surface area contributed by atoms with Crippen molar-refractivity contribution < 1.29 is 0 Å². The van der Waals surface area contributed by atoms with Crippen molar-refractivity contribution in [3.63, 3.8) is 0 Å². The normalized spacial score (nSPS) is 11.5. The molecule has 0 aromatic heterocycles. The molecule has 0 saturated heterocycles. The van der Waals surface area contributed by atoms with Crippen LogP contribution in [0.3, 0.4) is 0 Å². The molecule has 0 fully saturated rings. The van der Waals surface area contributed by atoms with Crippen molar-refractivity contribution in [2.45, 2.75) is 232 Å². The smallest absolute Gasteiger partial charge is 0.0314 e. The van der Waals surface area contributed by atoms with Crippen LogP contribution in [0.2, 0.25) is 0 Å². The number of aryl methyl sites for hydroxylation is 4. The third kappa shape index (κ3) is 22.7. The van der Waals surface area contributed by atoms with Gasteiger partial charge in [0.05, 0.1) is 0 Å². The van der Waals surface area contributed by atoms with E-state index >= 15 is 0 Å². The predicted molar refractivity (Wildman–Crippen MR) is 276 cm³/mol. The van der Waals surface area contributed by atoms with Crippen molar-refractivity contribution in [3.05, 3.63) is 129 Å². The maximum Gasteiger partial charge on any atom is 0.0314 e. The fourth-order valence-corrected chi connectivity index (χ4v) is 9.52. The predicted octanol–water partition coefficient (Wildman–Crippen LogP) is 17.9. The lowest BCUT2D eigenvalue weighted by atomic mass is 9.92. The molecule has 0 saturated carbocycles. The molecule has 62 heavy (non-hydrogen) atoms. The molecule has 2 nitrogen and oxygen atoms in total. The Morgan fingerprint density at radius 2 is 0.516 bits per heavy atom. The summed E-state index contributed by atoms with van der Waals surface area (Å²) in [5.74, 6) is 0. The summed E-state index contributed by atoms with van der Waals surface area (Å²) in [7, 11) is 0. The van der Waals surface area contributed by atoms with Crippen LogP contribution in [0, 0.1) is 0 Å². The zero-order valence-corrected chi connectivity index (χ0v) is 40.3. The van der Waals surface area contributed by atoms with Crippen molar-refractivity contribution in [1.82, 2.24) is 0 Å². The fourth-order valence-electron chi connectivity index (χ4n) is 9.52. The molecule has 0 spiro atoms. The van der Waals surface area contributed by atoms with E-state index in [0.717, 1.165) is 24.2 Å². The van der Waals surface area contributed by atoms with Gasteiger partial charge in [-0.3, -0.25) is 0 Å². The van der Waals surface area contributed by atoms with E-state index in [0.29, 0.717) is 0 Å². The SMILES string of the molecule is CCCCCCCCc1cc(CCCCCCCCCCCCCCCCCCc2ccc(Cc3ccc(N)cc3)c(CCCCCCCC)c2)ccc1Cc1ccc(N)cc1. The van der Waals surface area contributed by atoms with Gasteiger partial charge in [0, 0.05) is 11.4 Å². The lowest BCUT2D eigenvalue weighted by Gasteiger charge is -2.13. The Balaban J connectivity index is 0.993. The largest absolute Gasteiger partial charge is 0.399 e. The third-order valence-corrected chi connectivity index (χ3v) is 13.6. The second-order valence-corrected chi connectivity index (χ2v) is 19.2. The van der Waals surface area contributed by atoms with Crippen LogP contribution in [0.1, 0.15) is 238 Å². The second kappa shape index (κ2) is 33.1. The molecule has 0 amide bonds. The number of rotatable bonds is 37. The molecule has 0 radical (unpaired) electrons. The number of hydrogen-bond donors (Lipinski definition) is 2. The Morgan fingerprint density at radius 1 is 0.258 bits per heavy atom. The van der Waals surface area contributed by atoms with Crippen molar-refractivity contribution in [2.24, 2.45) is 0 Å². The van der Waals surface area contributed by atoms with Crippen molar-refractivity contribution in [3.8, 4) is 0 Å². The van der Waals surface area contributed by atoms with Crippen molar-refractivity contribution in [1.29, 1.82) is 0 Å². The first-order valence-corrected chi connectivity index (χ1v) is 26.4. The van der Waals surface area contributed by atoms with Crippen LogP contribution >= 0.6 is 0 Å². The van der Waals surface area contributed by atoms with Gasteiger partial charge in [-0.1, -0.05) is 229 Å². The highest BCUT2D eigenvalue weighted by atomic mass is 14.5. The first kappa shape index (κ1) is 51.1. The topological polar surface area (TPSA) is 52.0 Å². The van der Waals surface area contributed by atoms with Gasteiger partial charge in [0.2, 0.25) is 0 Å². The van der Waals surface area contributed by atoms with E-state index in [1.54, 1.807) is 22.3 Å². The van der Waals surface area contributed by atoms with Crippen molar-refractivity contribution >= 4 is 11.4 Å². The summed E-state index contributed by atoms with van der Waals surface area (Å²) in [6.07, 6.45) is 45.7. The molecule has 0 aliphatic carbocycles. The average Bonchev–Trinajstić information content (AvgIpc) is 3.28. The van der Waals surface area contributed by atoms with E-state index in [2.05, 4.69) is 74.5 Å². The Hall–Kier alpha value is -3.52. The van der Waals surface area contributed by atoms with Gasteiger partial charge in [0.25, 0.3) is 0 Å². The van der Waals surface area contributed by atoms with E-state index in [-0.39, 0.29) is 0 Å². The third-order valence-electron chi connectivity index (χ3n) is 13.6. The molecule has 0 aliphatic rings. The highest BCUT2D eigenvalue weighted by molar-refractivity contribution is 5.43. The quantitative estimate of drug-likeness (QED) is 0.0351. The van der Waals surface area contributed by atoms with Gasteiger partial charge < -0.3 is 11.5 Å². The molecule has 4 rings (SSSR count). The highest BCUT2D eigenvalue weighted by Gasteiger charge is 2.09. The van der Waals surface area contributed by atoms with Crippen LogP contribution in [0.4, 0.5) is 11.4 Å². The summed E-state index contributed by atoms with van der Waals surface area (Å²) in [6.45, 7) is 4.61. The summed E-state index contributed by atoms with van der Waals surface area (Å²) in [5, 5.41) is 0. The van der Waals surface area contributed by atoms with Crippen LogP contribution < -0.4 is 11.5 Å². The number of nitrogen functional groups attached to an aromatic ring is 2. The maximum absolute atomic E-state index is 5.96. The van der Waals surface area contributed by atoms with Gasteiger partial charge in [0.1, 0.15) is 0 Å². The lowest BCUT2D eigenvalue weighted by Crippen LogP contribution is -1.99. The molecule has 0 heterocycles. The van der Waals surface area contributed by atoms with E-state index in [1.807, 2.05) is 24.3 Å². The highest BCUT2D eigenvalue weighted by Crippen LogP contribution is 2.24. The monoisotopic (exact) mass is 841 g/mol. The Bertz CT molecular complexity index is 1560. The van der Waals surface area contributed by atoms with Gasteiger partial charge in [-0.25, -0.2) is 0 Å². The molecule has 0 aliphatic heterocycles. The molecule has 342 valence electrons.